The summed E-state index contributed by atoms with van der Waals surface area (Å²) in [6.07, 6.45) is 4.39. The van der Waals surface area contributed by atoms with Crippen LogP contribution >= 0.6 is 24.0 Å². The fourth-order valence-electron chi connectivity index (χ4n) is 3.07. The van der Waals surface area contributed by atoms with E-state index in [9.17, 15) is 0 Å². The Labute approximate surface area is 167 Å². The van der Waals surface area contributed by atoms with Gasteiger partial charge in [-0.1, -0.05) is 66.7 Å². The molecular weight excluding hydrogens is 421 g/mol. The molecule has 0 atom stereocenters. The molecule has 0 saturated heterocycles. The third-order valence-corrected chi connectivity index (χ3v) is 4.40. The average Bonchev–Trinajstić information content (AvgIpc) is 2.67. The lowest BCUT2D eigenvalue weighted by Gasteiger charge is -2.29. The molecule has 0 radical (unpaired) electrons. The van der Waals surface area contributed by atoms with E-state index < -0.39 is 0 Å². The number of benzene rings is 2. The van der Waals surface area contributed by atoms with Gasteiger partial charge < -0.3 is 10.2 Å². The summed E-state index contributed by atoms with van der Waals surface area (Å²) in [5.41, 5.74) is 4.13. The molecule has 1 heterocycles. The number of hydrogen-bond acceptors (Lipinski definition) is 1. The van der Waals surface area contributed by atoms with Crippen LogP contribution in [0.3, 0.4) is 0 Å². The van der Waals surface area contributed by atoms with Gasteiger partial charge in [0.05, 0.1) is 0 Å². The first-order chi connectivity index (χ1) is 11.9. The van der Waals surface area contributed by atoms with Gasteiger partial charge in [0.1, 0.15) is 0 Å². The molecule has 25 heavy (non-hydrogen) atoms. The highest BCUT2D eigenvalue weighted by Gasteiger charge is 2.15. The van der Waals surface area contributed by atoms with E-state index in [0.29, 0.717) is 0 Å². The van der Waals surface area contributed by atoms with E-state index in [1.165, 1.54) is 16.7 Å². The maximum atomic E-state index is 4.44. The molecule has 0 amide bonds. The van der Waals surface area contributed by atoms with E-state index in [-0.39, 0.29) is 24.0 Å². The normalized spacial score (nSPS) is 14.5. The van der Waals surface area contributed by atoms with Gasteiger partial charge in [-0.25, -0.2) is 0 Å². The molecular formula is C21H26IN3. The van der Waals surface area contributed by atoms with Crippen LogP contribution in [0.25, 0.3) is 5.57 Å². The molecule has 0 saturated carbocycles. The molecule has 3 rings (SSSR count). The Bertz CT molecular complexity index is 696. The SMILES string of the molecule is CN=C(NCCc1ccccc1)N1CC=C(c2ccccc2)CC1.I. The van der Waals surface area contributed by atoms with Gasteiger partial charge in [-0.15, -0.1) is 24.0 Å². The number of halogens is 1. The summed E-state index contributed by atoms with van der Waals surface area (Å²) in [6.45, 7) is 2.82. The lowest BCUT2D eigenvalue weighted by Crippen LogP contribution is -2.44. The summed E-state index contributed by atoms with van der Waals surface area (Å²) >= 11 is 0. The summed E-state index contributed by atoms with van der Waals surface area (Å²) < 4.78 is 0. The van der Waals surface area contributed by atoms with Crippen LogP contribution in [0, 0.1) is 0 Å². The van der Waals surface area contributed by atoms with Crippen LogP contribution in [0.4, 0.5) is 0 Å². The van der Waals surface area contributed by atoms with Crippen molar-refractivity contribution in [1.29, 1.82) is 0 Å². The molecule has 132 valence electrons. The van der Waals surface area contributed by atoms with Crippen molar-refractivity contribution in [1.82, 2.24) is 10.2 Å². The zero-order valence-corrected chi connectivity index (χ0v) is 17.0. The third kappa shape index (κ3) is 5.59. The van der Waals surface area contributed by atoms with E-state index in [1.54, 1.807) is 0 Å². The summed E-state index contributed by atoms with van der Waals surface area (Å²) in [5, 5.41) is 3.49. The van der Waals surface area contributed by atoms with Crippen LogP contribution < -0.4 is 5.32 Å². The van der Waals surface area contributed by atoms with Gasteiger partial charge in [0.15, 0.2) is 5.96 Å². The summed E-state index contributed by atoms with van der Waals surface area (Å²) in [5.74, 6) is 0.995. The third-order valence-electron chi connectivity index (χ3n) is 4.40. The molecule has 4 heteroatoms. The number of nitrogens with one attached hydrogen (secondary N) is 1. The molecule has 1 aliphatic rings. The second-order valence-electron chi connectivity index (χ2n) is 6.00. The van der Waals surface area contributed by atoms with Gasteiger partial charge in [-0.05, 0) is 29.5 Å². The molecule has 1 N–H and O–H groups in total. The van der Waals surface area contributed by atoms with Crippen molar-refractivity contribution in [3.63, 3.8) is 0 Å². The topological polar surface area (TPSA) is 27.6 Å². The van der Waals surface area contributed by atoms with Crippen LogP contribution in [-0.4, -0.2) is 37.5 Å². The number of aliphatic imine (C=N–C) groups is 1. The molecule has 0 aliphatic carbocycles. The molecule has 0 unspecified atom stereocenters. The fourth-order valence-corrected chi connectivity index (χ4v) is 3.07. The first-order valence-corrected chi connectivity index (χ1v) is 8.61. The summed E-state index contributed by atoms with van der Waals surface area (Å²) in [6, 6.07) is 21.2. The van der Waals surface area contributed by atoms with Crippen molar-refractivity contribution in [2.45, 2.75) is 12.8 Å². The Balaban J connectivity index is 0.00000225. The van der Waals surface area contributed by atoms with Crippen LogP contribution in [-0.2, 0) is 6.42 Å². The Morgan fingerprint density at radius 3 is 2.32 bits per heavy atom. The van der Waals surface area contributed by atoms with E-state index in [0.717, 1.165) is 38.4 Å². The Morgan fingerprint density at radius 2 is 1.72 bits per heavy atom. The molecule has 1 aliphatic heterocycles. The predicted octanol–water partition coefficient (Wildman–Crippen LogP) is 4.21. The van der Waals surface area contributed by atoms with Crippen molar-refractivity contribution >= 4 is 35.5 Å². The van der Waals surface area contributed by atoms with Crippen molar-refractivity contribution in [3.8, 4) is 0 Å². The maximum Gasteiger partial charge on any atom is 0.193 e. The molecule has 0 fully saturated rings. The molecule has 0 bridgehead atoms. The van der Waals surface area contributed by atoms with E-state index in [1.807, 2.05) is 7.05 Å². The van der Waals surface area contributed by atoms with Gasteiger partial charge in [-0.2, -0.15) is 0 Å². The zero-order chi connectivity index (χ0) is 16.6. The van der Waals surface area contributed by atoms with Gasteiger partial charge in [0, 0.05) is 26.7 Å². The van der Waals surface area contributed by atoms with Gasteiger partial charge in [0.2, 0.25) is 0 Å². The number of rotatable bonds is 4. The highest BCUT2D eigenvalue weighted by atomic mass is 127. The summed E-state index contributed by atoms with van der Waals surface area (Å²) in [7, 11) is 1.86. The first kappa shape index (κ1) is 19.5. The predicted molar refractivity (Wildman–Crippen MR) is 118 cm³/mol. The minimum Gasteiger partial charge on any atom is -0.356 e. The Kier molecular flexibility index (Phi) is 7.98. The maximum absolute atomic E-state index is 4.44. The minimum absolute atomic E-state index is 0. The standard InChI is InChI=1S/C21H25N3.HI/c1-22-21(23-15-12-18-8-4-2-5-9-18)24-16-13-20(14-17-24)19-10-6-3-7-11-19;/h2-11,13H,12,14-17H2,1H3,(H,22,23);1H. The van der Waals surface area contributed by atoms with Gasteiger partial charge in [-0.3, -0.25) is 4.99 Å². The van der Waals surface area contributed by atoms with E-state index in [2.05, 4.69) is 81.9 Å². The number of nitrogens with zero attached hydrogens (tertiary/aromatic N) is 2. The quantitative estimate of drug-likeness (QED) is 0.432. The second kappa shape index (κ2) is 10.2. The van der Waals surface area contributed by atoms with E-state index in [4.69, 9.17) is 0 Å². The van der Waals surface area contributed by atoms with Crippen LogP contribution in [0.2, 0.25) is 0 Å². The van der Waals surface area contributed by atoms with Gasteiger partial charge in [0.25, 0.3) is 0 Å². The zero-order valence-electron chi connectivity index (χ0n) is 14.7. The number of hydrogen-bond donors (Lipinski definition) is 1. The van der Waals surface area contributed by atoms with Crippen LogP contribution in [0.1, 0.15) is 17.5 Å². The molecule has 0 spiro atoms. The largest absolute Gasteiger partial charge is 0.356 e. The van der Waals surface area contributed by atoms with Crippen LogP contribution in [0.5, 0.6) is 0 Å². The van der Waals surface area contributed by atoms with Crippen molar-refractivity contribution < 1.29 is 0 Å². The highest BCUT2D eigenvalue weighted by molar-refractivity contribution is 14.0. The lowest BCUT2D eigenvalue weighted by atomic mass is 10.00. The van der Waals surface area contributed by atoms with Crippen LogP contribution in [0.15, 0.2) is 71.7 Å². The summed E-state index contributed by atoms with van der Waals surface area (Å²) in [4.78, 5) is 6.76. The smallest absolute Gasteiger partial charge is 0.193 e. The monoisotopic (exact) mass is 447 g/mol. The lowest BCUT2D eigenvalue weighted by molar-refractivity contribution is 0.440. The Morgan fingerprint density at radius 1 is 1.04 bits per heavy atom. The van der Waals surface area contributed by atoms with Crippen molar-refractivity contribution in [2.24, 2.45) is 4.99 Å². The van der Waals surface area contributed by atoms with E-state index >= 15 is 0 Å². The molecule has 2 aromatic carbocycles. The first-order valence-electron chi connectivity index (χ1n) is 8.61. The Hall–Kier alpha value is -1.82. The molecule has 2 aromatic rings. The molecule has 0 aromatic heterocycles. The number of guanidine groups is 1. The van der Waals surface area contributed by atoms with Crippen molar-refractivity contribution in [2.75, 3.05) is 26.7 Å². The molecule has 3 nitrogen and oxygen atoms in total. The fraction of sp³-hybridized carbons (Fsp3) is 0.286. The van der Waals surface area contributed by atoms with Crippen molar-refractivity contribution in [3.05, 3.63) is 77.9 Å². The highest BCUT2D eigenvalue weighted by Crippen LogP contribution is 2.21. The van der Waals surface area contributed by atoms with Gasteiger partial charge >= 0.3 is 0 Å². The second-order valence-corrected chi connectivity index (χ2v) is 6.00. The minimum atomic E-state index is 0. The average molecular weight is 447 g/mol.